The molecule has 0 atom stereocenters. The van der Waals surface area contributed by atoms with E-state index in [9.17, 15) is 4.79 Å². The topological polar surface area (TPSA) is 86.5 Å². The molecule has 2 aromatic rings. The number of anilines is 2. The van der Waals surface area contributed by atoms with Gasteiger partial charge in [0.15, 0.2) is 11.5 Å². The number of nitrogens with one attached hydrogen (secondary N) is 1. The monoisotopic (exact) mass is 291 g/mol. The largest absolute Gasteiger partial charge is 0.454 e. The minimum Gasteiger partial charge on any atom is -0.454 e. The maximum Gasteiger partial charge on any atom is 0.257 e. The van der Waals surface area contributed by atoms with E-state index >= 15 is 0 Å². The number of hydrogen-bond acceptors (Lipinski definition) is 5. The highest BCUT2D eigenvalue weighted by molar-refractivity contribution is 6.33. The zero-order valence-corrected chi connectivity index (χ0v) is 11.0. The lowest BCUT2D eigenvalue weighted by atomic mass is 10.2. The van der Waals surface area contributed by atoms with Crippen LogP contribution in [0.5, 0.6) is 11.5 Å². The molecule has 1 aliphatic rings. The van der Waals surface area contributed by atoms with Gasteiger partial charge in [0.05, 0.1) is 10.6 Å². The summed E-state index contributed by atoms with van der Waals surface area (Å²) in [6.07, 6.45) is 1.36. The zero-order chi connectivity index (χ0) is 14.1. The summed E-state index contributed by atoms with van der Waals surface area (Å²) in [6, 6.07) is 6.60. The zero-order valence-electron chi connectivity index (χ0n) is 10.2. The summed E-state index contributed by atoms with van der Waals surface area (Å²) in [7, 11) is 0. The Morgan fingerprint density at radius 3 is 2.90 bits per heavy atom. The molecule has 20 heavy (non-hydrogen) atoms. The van der Waals surface area contributed by atoms with Gasteiger partial charge in [-0.1, -0.05) is 11.6 Å². The van der Waals surface area contributed by atoms with Crippen molar-refractivity contribution in [3.63, 3.8) is 0 Å². The smallest absolute Gasteiger partial charge is 0.257 e. The number of hydrogen-bond donors (Lipinski definition) is 2. The summed E-state index contributed by atoms with van der Waals surface area (Å²) in [5.74, 6) is 1.10. The van der Waals surface area contributed by atoms with Crippen molar-refractivity contribution in [1.82, 2.24) is 4.98 Å². The molecule has 1 aromatic heterocycles. The van der Waals surface area contributed by atoms with Crippen molar-refractivity contribution in [2.75, 3.05) is 17.8 Å². The van der Waals surface area contributed by atoms with E-state index in [-0.39, 0.29) is 23.5 Å². The van der Waals surface area contributed by atoms with Crippen LogP contribution in [0.4, 0.5) is 11.5 Å². The Balaban J connectivity index is 1.80. The van der Waals surface area contributed by atoms with Gasteiger partial charge in [-0.15, -0.1) is 0 Å². The van der Waals surface area contributed by atoms with Gasteiger partial charge >= 0.3 is 0 Å². The normalized spacial score (nSPS) is 12.2. The van der Waals surface area contributed by atoms with Crippen LogP contribution in [0.2, 0.25) is 5.02 Å². The summed E-state index contributed by atoms with van der Waals surface area (Å²) < 4.78 is 10.4. The number of carbonyl (C=O) groups is 1. The van der Waals surface area contributed by atoms with Crippen molar-refractivity contribution in [1.29, 1.82) is 0 Å². The van der Waals surface area contributed by atoms with E-state index in [0.717, 1.165) is 0 Å². The number of halogens is 1. The van der Waals surface area contributed by atoms with E-state index in [1.165, 1.54) is 12.3 Å². The lowest BCUT2D eigenvalue weighted by Crippen LogP contribution is -2.12. The molecule has 1 aliphatic heterocycles. The fourth-order valence-corrected chi connectivity index (χ4v) is 1.92. The number of benzene rings is 1. The molecule has 0 unspecified atom stereocenters. The van der Waals surface area contributed by atoms with Gasteiger partial charge in [-0.05, 0) is 18.2 Å². The van der Waals surface area contributed by atoms with Crippen LogP contribution in [-0.4, -0.2) is 17.7 Å². The number of pyridine rings is 1. The second kappa shape index (κ2) is 4.90. The van der Waals surface area contributed by atoms with Crippen molar-refractivity contribution in [3.8, 4) is 11.5 Å². The van der Waals surface area contributed by atoms with Crippen LogP contribution in [0.3, 0.4) is 0 Å². The molecule has 2 heterocycles. The molecule has 0 saturated heterocycles. The van der Waals surface area contributed by atoms with Gasteiger partial charge in [0.1, 0.15) is 5.82 Å². The van der Waals surface area contributed by atoms with Crippen LogP contribution in [-0.2, 0) is 0 Å². The molecule has 0 saturated carbocycles. The highest BCUT2D eigenvalue weighted by Gasteiger charge is 2.15. The first-order chi connectivity index (χ1) is 9.63. The van der Waals surface area contributed by atoms with Crippen molar-refractivity contribution in [2.24, 2.45) is 0 Å². The molecule has 7 heteroatoms. The fraction of sp³-hybridized carbons (Fsp3) is 0.0769. The molecular formula is C13H10ClN3O3. The van der Waals surface area contributed by atoms with Gasteiger partial charge in [-0.2, -0.15) is 0 Å². The minimum absolute atomic E-state index is 0.185. The second-order valence-electron chi connectivity index (χ2n) is 4.11. The van der Waals surface area contributed by atoms with Crippen molar-refractivity contribution in [3.05, 3.63) is 41.0 Å². The number of fused-ring (bicyclic) bond motifs is 1. The van der Waals surface area contributed by atoms with E-state index in [0.29, 0.717) is 22.7 Å². The summed E-state index contributed by atoms with van der Waals surface area (Å²) in [6.45, 7) is 0.185. The standard InChI is InChI=1S/C13H10ClN3O3/c14-9-3-7(5-16-12(9)15)13(18)17-8-1-2-10-11(4-8)20-6-19-10/h1-5H,6H2,(H2,15,16)(H,17,18). The van der Waals surface area contributed by atoms with Gasteiger partial charge in [0.25, 0.3) is 5.91 Å². The van der Waals surface area contributed by atoms with Crippen LogP contribution >= 0.6 is 11.6 Å². The predicted octanol–water partition coefficient (Wildman–Crippen LogP) is 2.30. The highest BCUT2D eigenvalue weighted by Crippen LogP contribution is 2.34. The number of carbonyl (C=O) groups excluding carboxylic acids is 1. The molecule has 0 radical (unpaired) electrons. The molecule has 1 amide bonds. The summed E-state index contributed by atoms with van der Waals surface area (Å²) in [4.78, 5) is 15.9. The number of aromatic nitrogens is 1. The molecule has 1 aromatic carbocycles. The van der Waals surface area contributed by atoms with Gasteiger partial charge in [-0.25, -0.2) is 4.98 Å². The average molecular weight is 292 g/mol. The van der Waals surface area contributed by atoms with Crippen LogP contribution in [0.25, 0.3) is 0 Å². The van der Waals surface area contributed by atoms with Gasteiger partial charge < -0.3 is 20.5 Å². The maximum absolute atomic E-state index is 12.1. The van der Waals surface area contributed by atoms with E-state index in [1.54, 1.807) is 18.2 Å². The number of nitrogen functional groups attached to an aromatic ring is 1. The first-order valence-corrected chi connectivity index (χ1v) is 6.13. The van der Waals surface area contributed by atoms with Crippen molar-refractivity contribution in [2.45, 2.75) is 0 Å². The Labute approximate surface area is 119 Å². The lowest BCUT2D eigenvalue weighted by Gasteiger charge is -2.06. The number of amides is 1. The van der Waals surface area contributed by atoms with E-state index in [1.807, 2.05) is 0 Å². The van der Waals surface area contributed by atoms with Gasteiger partial charge in [0, 0.05) is 18.0 Å². The van der Waals surface area contributed by atoms with Gasteiger partial charge in [-0.3, -0.25) is 4.79 Å². The van der Waals surface area contributed by atoms with Crippen LogP contribution in [0, 0.1) is 0 Å². The summed E-state index contributed by atoms with van der Waals surface area (Å²) in [5, 5.41) is 2.96. The van der Waals surface area contributed by atoms with Crippen LogP contribution in [0.15, 0.2) is 30.5 Å². The summed E-state index contributed by atoms with van der Waals surface area (Å²) >= 11 is 5.83. The third-order valence-electron chi connectivity index (χ3n) is 2.76. The Bertz CT molecular complexity index is 691. The molecule has 3 N–H and O–H groups in total. The Morgan fingerprint density at radius 2 is 2.10 bits per heavy atom. The highest BCUT2D eigenvalue weighted by atomic mass is 35.5. The first kappa shape index (κ1) is 12.6. The van der Waals surface area contributed by atoms with E-state index < -0.39 is 0 Å². The van der Waals surface area contributed by atoms with Crippen molar-refractivity contribution >= 4 is 29.0 Å². The SMILES string of the molecule is Nc1ncc(C(=O)Nc2ccc3c(c2)OCO3)cc1Cl. The van der Waals surface area contributed by atoms with Gasteiger partial charge in [0.2, 0.25) is 6.79 Å². The molecule has 0 aliphatic carbocycles. The average Bonchev–Trinajstić information content (AvgIpc) is 2.89. The Hall–Kier alpha value is -2.47. The summed E-state index contributed by atoms with van der Waals surface area (Å²) in [5.41, 5.74) is 6.41. The number of nitrogens with two attached hydrogens (primary N) is 1. The molecule has 0 fully saturated rings. The second-order valence-corrected chi connectivity index (χ2v) is 4.52. The quantitative estimate of drug-likeness (QED) is 0.886. The van der Waals surface area contributed by atoms with E-state index in [4.69, 9.17) is 26.8 Å². The molecule has 6 nitrogen and oxygen atoms in total. The molecule has 0 spiro atoms. The lowest BCUT2D eigenvalue weighted by molar-refractivity contribution is 0.102. The van der Waals surface area contributed by atoms with Crippen LogP contribution in [0.1, 0.15) is 10.4 Å². The maximum atomic E-state index is 12.1. The van der Waals surface area contributed by atoms with Crippen molar-refractivity contribution < 1.29 is 14.3 Å². The first-order valence-electron chi connectivity index (χ1n) is 5.75. The number of nitrogens with zero attached hydrogens (tertiary/aromatic N) is 1. The minimum atomic E-state index is -0.335. The number of ether oxygens (including phenoxy) is 2. The number of rotatable bonds is 2. The molecule has 102 valence electrons. The Morgan fingerprint density at radius 1 is 1.30 bits per heavy atom. The fourth-order valence-electron chi connectivity index (χ4n) is 1.75. The van der Waals surface area contributed by atoms with E-state index in [2.05, 4.69) is 10.3 Å². The Kier molecular flexibility index (Phi) is 3.08. The molecule has 3 rings (SSSR count). The third kappa shape index (κ3) is 2.33. The predicted molar refractivity (Wildman–Crippen MR) is 74.2 cm³/mol. The molecule has 0 bridgehead atoms. The third-order valence-corrected chi connectivity index (χ3v) is 3.07. The molecular weight excluding hydrogens is 282 g/mol. The van der Waals surface area contributed by atoms with Crippen LogP contribution < -0.4 is 20.5 Å².